The van der Waals surface area contributed by atoms with E-state index in [2.05, 4.69) is 21.0 Å². The summed E-state index contributed by atoms with van der Waals surface area (Å²) < 4.78 is 15.9. The van der Waals surface area contributed by atoms with E-state index in [-0.39, 0.29) is 11.6 Å². The zero-order valence-electron chi connectivity index (χ0n) is 10.3. The second kappa shape index (κ2) is 5.93. The van der Waals surface area contributed by atoms with Gasteiger partial charge in [0.2, 0.25) is 5.78 Å². The number of halogens is 2. The Bertz CT molecular complexity index is 634. The van der Waals surface area contributed by atoms with Crippen LogP contribution in [0.15, 0.2) is 41.0 Å². The van der Waals surface area contributed by atoms with Crippen LogP contribution in [-0.4, -0.2) is 15.6 Å². The van der Waals surface area contributed by atoms with Gasteiger partial charge in [-0.1, -0.05) is 15.9 Å². The number of benzene rings is 1. The molecule has 0 amide bonds. The van der Waals surface area contributed by atoms with E-state index in [1.165, 1.54) is 18.2 Å². The summed E-state index contributed by atoms with van der Waals surface area (Å²) in [5.74, 6) is -0.560. The lowest BCUT2D eigenvalue weighted by Gasteiger charge is -2.00. The lowest BCUT2D eigenvalue weighted by atomic mass is 10.1. The van der Waals surface area contributed by atoms with Crippen LogP contribution < -0.4 is 0 Å². The van der Waals surface area contributed by atoms with Crippen molar-refractivity contribution in [2.24, 2.45) is 0 Å². The van der Waals surface area contributed by atoms with Crippen molar-refractivity contribution in [3.63, 3.8) is 0 Å². The number of hydrogen-bond acceptors (Lipinski definition) is 2. The largest absolute Gasteiger partial charge is 0.288 e. The second-order valence-corrected chi connectivity index (χ2v) is 4.81. The highest BCUT2D eigenvalue weighted by molar-refractivity contribution is 9.10. The monoisotopic (exact) mass is 322 g/mol. The van der Waals surface area contributed by atoms with Crippen LogP contribution in [0.4, 0.5) is 4.39 Å². The molecule has 0 aliphatic carbocycles. The standard InChI is InChI=1S/C14H12BrFN2O/c1-2-18-13(7-8-17-18)14(19)6-3-10-9-11(15)4-5-12(10)16/h3-9H,2H2,1H3/b6-3+. The number of carbonyl (C=O) groups is 1. The summed E-state index contributed by atoms with van der Waals surface area (Å²) in [5, 5.41) is 4.02. The van der Waals surface area contributed by atoms with Gasteiger partial charge in [0.15, 0.2) is 0 Å². The van der Waals surface area contributed by atoms with E-state index < -0.39 is 0 Å². The quantitative estimate of drug-likeness (QED) is 0.635. The van der Waals surface area contributed by atoms with E-state index >= 15 is 0 Å². The number of carbonyl (C=O) groups excluding carboxylic acids is 1. The number of allylic oxidation sites excluding steroid dienone is 1. The molecule has 0 fully saturated rings. The van der Waals surface area contributed by atoms with Gasteiger partial charge >= 0.3 is 0 Å². The molecule has 0 aliphatic rings. The third kappa shape index (κ3) is 3.17. The third-order valence-electron chi connectivity index (χ3n) is 2.64. The van der Waals surface area contributed by atoms with Gasteiger partial charge in [-0.25, -0.2) is 4.39 Å². The van der Waals surface area contributed by atoms with Gasteiger partial charge in [-0.05, 0) is 43.3 Å². The molecule has 0 atom stereocenters. The van der Waals surface area contributed by atoms with Crippen molar-refractivity contribution in [3.05, 3.63) is 58.1 Å². The summed E-state index contributed by atoms with van der Waals surface area (Å²) in [6.07, 6.45) is 4.40. The lowest BCUT2D eigenvalue weighted by molar-refractivity contribution is 0.103. The van der Waals surface area contributed by atoms with Crippen molar-refractivity contribution >= 4 is 27.8 Å². The topological polar surface area (TPSA) is 34.9 Å². The maximum atomic E-state index is 13.5. The highest BCUT2D eigenvalue weighted by Gasteiger charge is 2.08. The van der Waals surface area contributed by atoms with Crippen molar-refractivity contribution < 1.29 is 9.18 Å². The summed E-state index contributed by atoms with van der Waals surface area (Å²) >= 11 is 3.27. The van der Waals surface area contributed by atoms with Crippen LogP contribution >= 0.6 is 15.9 Å². The number of hydrogen-bond donors (Lipinski definition) is 0. The Balaban J connectivity index is 2.23. The third-order valence-corrected chi connectivity index (χ3v) is 3.13. The molecule has 0 spiro atoms. The number of aryl methyl sites for hydroxylation is 1. The minimum absolute atomic E-state index is 0.196. The molecule has 0 bridgehead atoms. The average molecular weight is 323 g/mol. The van der Waals surface area contributed by atoms with Crippen molar-refractivity contribution in [1.82, 2.24) is 9.78 Å². The lowest BCUT2D eigenvalue weighted by Crippen LogP contribution is -2.07. The summed E-state index contributed by atoms with van der Waals surface area (Å²) in [6, 6.07) is 6.23. The Hall–Kier alpha value is -1.75. The normalized spacial score (nSPS) is 11.1. The van der Waals surface area contributed by atoms with E-state index in [0.717, 1.165) is 4.47 Å². The van der Waals surface area contributed by atoms with Gasteiger partial charge in [0.05, 0.1) is 0 Å². The molecule has 19 heavy (non-hydrogen) atoms. The van der Waals surface area contributed by atoms with Crippen LogP contribution in [0.25, 0.3) is 6.08 Å². The zero-order valence-corrected chi connectivity index (χ0v) is 11.9. The van der Waals surface area contributed by atoms with Crippen molar-refractivity contribution in [2.45, 2.75) is 13.5 Å². The number of rotatable bonds is 4. The SMILES string of the molecule is CCn1nccc1C(=O)/C=C/c1cc(Br)ccc1F. The van der Waals surface area contributed by atoms with E-state index in [1.807, 2.05) is 6.92 Å². The number of nitrogens with zero attached hydrogens (tertiary/aromatic N) is 2. The molecule has 0 unspecified atom stereocenters. The Morgan fingerprint density at radius 2 is 2.26 bits per heavy atom. The van der Waals surface area contributed by atoms with Gasteiger partial charge in [0, 0.05) is 22.8 Å². The van der Waals surface area contributed by atoms with E-state index in [1.54, 1.807) is 29.1 Å². The van der Waals surface area contributed by atoms with Crippen LogP contribution in [0.3, 0.4) is 0 Å². The first-order valence-corrected chi connectivity index (χ1v) is 6.60. The molecule has 0 radical (unpaired) electrons. The van der Waals surface area contributed by atoms with Crippen molar-refractivity contribution in [1.29, 1.82) is 0 Å². The fourth-order valence-corrected chi connectivity index (χ4v) is 2.07. The van der Waals surface area contributed by atoms with Gasteiger partial charge in [-0.15, -0.1) is 0 Å². The Morgan fingerprint density at radius 3 is 3.00 bits per heavy atom. The molecule has 98 valence electrons. The van der Waals surface area contributed by atoms with E-state index in [0.29, 0.717) is 17.8 Å². The maximum absolute atomic E-state index is 13.5. The van der Waals surface area contributed by atoms with Crippen LogP contribution in [-0.2, 0) is 6.54 Å². The fraction of sp³-hybridized carbons (Fsp3) is 0.143. The van der Waals surface area contributed by atoms with Crippen molar-refractivity contribution in [2.75, 3.05) is 0 Å². The Morgan fingerprint density at radius 1 is 1.47 bits per heavy atom. The van der Waals surface area contributed by atoms with Gasteiger partial charge < -0.3 is 0 Å². The molecule has 3 nitrogen and oxygen atoms in total. The Labute approximate surface area is 118 Å². The average Bonchev–Trinajstić information content (AvgIpc) is 2.88. The van der Waals surface area contributed by atoms with E-state index in [4.69, 9.17) is 0 Å². The van der Waals surface area contributed by atoms with Crippen LogP contribution in [0.2, 0.25) is 0 Å². The molecule has 2 rings (SSSR count). The summed E-state index contributed by atoms with van der Waals surface area (Å²) in [5.41, 5.74) is 0.861. The predicted octanol–water partition coefficient (Wildman–Crippen LogP) is 3.70. The fourth-order valence-electron chi connectivity index (χ4n) is 1.69. The van der Waals surface area contributed by atoms with Crippen molar-refractivity contribution in [3.8, 4) is 0 Å². The van der Waals surface area contributed by atoms with Crippen LogP contribution in [0.1, 0.15) is 23.0 Å². The zero-order chi connectivity index (χ0) is 13.8. The molecule has 0 N–H and O–H groups in total. The minimum Gasteiger partial charge on any atom is -0.288 e. The first kappa shape index (κ1) is 13.7. The summed E-state index contributed by atoms with van der Waals surface area (Å²) in [7, 11) is 0. The highest BCUT2D eigenvalue weighted by atomic mass is 79.9. The maximum Gasteiger partial charge on any atom is 0.203 e. The molecule has 0 saturated carbocycles. The van der Waals surface area contributed by atoms with E-state index in [9.17, 15) is 9.18 Å². The second-order valence-electron chi connectivity index (χ2n) is 3.90. The molecule has 1 aromatic heterocycles. The summed E-state index contributed by atoms with van der Waals surface area (Å²) in [4.78, 5) is 12.0. The van der Waals surface area contributed by atoms with Crippen LogP contribution in [0, 0.1) is 5.82 Å². The van der Waals surface area contributed by atoms with Gasteiger partial charge in [0.1, 0.15) is 11.5 Å². The number of ketones is 1. The summed E-state index contributed by atoms with van der Waals surface area (Å²) in [6.45, 7) is 2.52. The van der Waals surface area contributed by atoms with Gasteiger partial charge in [0.25, 0.3) is 0 Å². The first-order valence-electron chi connectivity index (χ1n) is 5.81. The molecule has 0 saturated heterocycles. The molecule has 0 aliphatic heterocycles. The number of aromatic nitrogens is 2. The molecule has 1 heterocycles. The molecule has 5 heteroatoms. The highest BCUT2D eigenvalue weighted by Crippen LogP contribution is 2.17. The Kier molecular flexibility index (Phi) is 4.27. The van der Waals surface area contributed by atoms with Crippen LogP contribution in [0.5, 0.6) is 0 Å². The molecule has 2 aromatic rings. The van der Waals surface area contributed by atoms with Gasteiger partial charge in [-0.2, -0.15) is 5.10 Å². The molecule has 1 aromatic carbocycles. The smallest absolute Gasteiger partial charge is 0.203 e. The minimum atomic E-state index is -0.365. The predicted molar refractivity (Wildman–Crippen MR) is 75.4 cm³/mol. The molecular formula is C14H12BrFN2O. The van der Waals surface area contributed by atoms with Gasteiger partial charge in [-0.3, -0.25) is 9.48 Å². The molecular weight excluding hydrogens is 311 g/mol. The first-order chi connectivity index (χ1) is 9.11.